The van der Waals surface area contributed by atoms with E-state index in [2.05, 4.69) is 9.97 Å². The highest BCUT2D eigenvalue weighted by atomic mass is 16.5. The van der Waals surface area contributed by atoms with Crippen LogP contribution in [0.25, 0.3) is 0 Å². The quantitative estimate of drug-likeness (QED) is 0.865. The van der Waals surface area contributed by atoms with Gasteiger partial charge in [0.25, 0.3) is 5.56 Å². The Morgan fingerprint density at radius 2 is 2.21 bits per heavy atom. The number of aromatic amines is 1. The third kappa shape index (κ3) is 3.41. The fourth-order valence-electron chi connectivity index (χ4n) is 1.58. The Kier molecular flexibility index (Phi) is 3.61. The summed E-state index contributed by atoms with van der Waals surface area (Å²) in [6, 6.07) is 7.50. The number of hydrogen-bond acceptors (Lipinski definition) is 4. The predicted octanol–water partition coefficient (Wildman–Crippen LogP) is 1.36. The number of carboxylic acids is 1. The molecule has 0 bridgehead atoms. The number of carboxylic acid groups (broad SMARTS) is 1. The van der Waals surface area contributed by atoms with Crippen LogP contribution in [0.4, 0.5) is 0 Å². The van der Waals surface area contributed by atoms with Crippen LogP contribution in [0.2, 0.25) is 0 Å². The summed E-state index contributed by atoms with van der Waals surface area (Å²) in [5.41, 5.74) is 0.496. The number of nitrogens with zero attached hydrogens (tertiary/aromatic N) is 1. The second-order valence-corrected chi connectivity index (χ2v) is 3.96. The summed E-state index contributed by atoms with van der Waals surface area (Å²) in [6.07, 6.45) is 0. The van der Waals surface area contributed by atoms with E-state index < -0.39 is 5.97 Å². The minimum absolute atomic E-state index is 0.0694. The van der Waals surface area contributed by atoms with Gasteiger partial charge >= 0.3 is 5.97 Å². The maximum absolute atomic E-state index is 11.2. The summed E-state index contributed by atoms with van der Waals surface area (Å²) >= 11 is 0. The van der Waals surface area contributed by atoms with Crippen LogP contribution in [-0.2, 0) is 6.61 Å². The summed E-state index contributed by atoms with van der Waals surface area (Å²) in [6.45, 7) is 1.78. The number of nitrogens with one attached hydrogen (secondary N) is 1. The summed E-state index contributed by atoms with van der Waals surface area (Å²) in [4.78, 5) is 28.7. The fraction of sp³-hybridized carbons (Fsp3) is 0.154. The molecular formula is C13H12N2O4. The number of aromatic nitrogens is 2. The largest absolute Gasteiger partial charge is 0.486 e. The third-order valence-corrected chi connectivity index (χ3v) is 2.38. The third-order valence-electron chi connectivity index (χ3n) is 2.38. The van der Waals surface area contributed by atoms with Gasteiger partial charge in [-0.15, -0.1) is 0 Å². The average molecular weight is 260 g/mol. The number of ether oxygens (including phenoxy) is 1. The van der Waals surface area contributed by atoms with Crippen molar-refractivity contribution in [3.63, 3.8) is 0 Å². The minimum Gasteiger partial charge on any atom is -0.486 e. The summed E-state index contributed by atoms with van der Waals surface area (Å²) < 4.78 is 5.40. The number of carbonyl (C=O) groups is 1. The zero-order valence-electron chi connectivity index (χ0n) is 10.2. The Labute approximate surface area is 108 Å². The molecule has 0 atom stereocenters. The molecule has 0 unspecified atom stereocenters. The molecule has 98 valence electrons. The van der Waals surface area contributed by atoms with Crippen molar-refractivity contribution < 1.29 is 14.6 Å². The van der Waals surface area contributed by atoms with Gasteiger partial charge in [-0.05, 0) is 25.1 Å². The highest BCUT2D eigenvalue weighted by Crippen LogP contribution is 2.14. The zero-order chi connectivity index (χ0) is 13.8. The second-order valence-electron chi connectivity index (χ2n) is 3.96. The van der Waals surface area contributed by atoms with Gasteiger partial charge in [-0.3, -0.25) is 4.79 Å². The first kappa shape index (κ1) is 12.8. The zero-order valence-corrected chi connectivity index (χ0v) is 10.2. The smallest absolute Gasteiger partial charge is 0.335 e. The van der Waals surface area contributed by atoms with Gasteiger partial charge in [-0.25, -0.2) is 9.78 Å². The highest BCUT2D eigenvalue weighted by Gasteiger charge is 2.05. The van der Waals surface area contributed by atoms with Crippen molar-refractivity contribution in [3.05, 3.63) is 57.8 Å². The molecular weight excluding hydrogens is 248 g/mol. The molecule has 19 heavy (non-hydrogen) atoms. The lowest BCUT2D eigenvalue weighted by Gasteiger charge is -2.06. The maximum atomic E-state index is 11.2. The molecule has 0 amide bonds. The van der Waals surface area contributed by atoms with Gasteiger partial charge in [0.05, 0.1) is 5.56 Å². The topological polar surface area (TPSA) is 92.3 Å². The van der Waals surface area contributed by atoms with Crippen LogP contribution in [0.3, 0.4) is 0 Å². The monoisotopic (exact) mass is 260 g/mol. The van der Waals surface area contributed by atoms with Crippen LogP contribution in [0.5, 0.6) is 5.75 Å². The van der Waals surface area contributed by atoms with Crippen molar-refractivity contribution in [2.75, 3.05) is 0 Å². The Morgan fingerprint density at radius 3 is 2.89 bits per heavy atom. The first-order chi connectivity index (χ1) is 9.04. The molecule has 0 radical (unpaired) electrons. The van der Waals surface area contributed by atoms with E-state index in [1.54, 1.807) is 19.1 Å². The van der Waals surface area contributed by atoms with E-state index in [0.717, 1.165) is 0 Å². The standard InChI is InChI=1S/C13H12N2O4/c1-8-5-12(16)15-11(14-8)7-19-10-4-2-3-9(6-10)13(17)18/h2-6H,7H2,1H3,(H,17,18)(H,14,15,16). The molecule has 6 nitrogen and oxygen atoms in total. The predicted molar refractivity (Wildman–Crippen MR) is 67.3 cm³/mol. The molecule has 1 aromatic carbocycles. The van der Waals surface area contributed by atoms with Crippen molar-refractivity contribution >= 4 is 5.97 Å². The van der Waals surface area contributed by atoms with Gasteiger partial charge in [-0.2, -0.15) is 0 Å². The number of aromatic carboxylic acids is 1. The molecule has 0 aliphatic rings. The minimum atomic E-state index is -1.02. The van der Waals surface area contributed by atoms with Crippen LogP contribution < -0.4 is 10.3 Å². The molecule has 2 rings (SSSR count). The van der Waals surface area contributed by atoms with Crippen molar-refractivity contribution in [2.45, 2.75) is 13.5 Å². The summed E-state index contributed by atoms with van der Waals surface area (Å²) in [7, 11) is 0. The van der Waals surface area contributed by atoms with E-state index in [4.69, 9.17) is 9.84 Å². The molecule has 0 spiro atoms. The summed E-state index contributed by atoms with van der Waals surface area (Å²) in [5, 5.41) is 8.85. The van der Waals surface area contributed by atoms with E-state index in [0.29, 0.717) is 17.3 Å². The number of hydrogen-bond donors (Lipinski definition) is 2. The normalized spacial score (nSPS) is 10.2. The molecule has 0 fully saturated rings. The van der Waals surface area contributed by atoms with E-state index in [9.17, 15) is 9.59 Å². The van der Waals surface area contributed by atoms with Crippen molar-refractivity contribution in [1.29, 1.82) is 0 Å². The fourth-order valence-corrected chi connectivity index (χ4v) is 1.58. The van der Waals surface area contributed by atoms with Crippen molar-refractivity contribution in [3.8, 4) is 5.75 Å². The Bertz CT molecular complexity index is 664. The lowest BCUT2D eigenvalue weighted by molar-refractivity contribution is 0.0696. The SMILES string of the molecule is Cc1cc(=O)[nH]c(COc2cccc(C(=O)O)c2)n1. The molecule has 0 aliphatic heterocycles. The lowest BCUT2D eigenvalue weighted by atomic mass is 10.2. The molecule has 0 saturated carbocycles. The number of benzene rings is 1. The summed E-state index contributed by atoms with van der Waals surface area (Å²) in [5.74, 6) is -0.220. The van der Waals surface area contributed by atoms with E-state index in [1.807, 2.05) is 0 Å². The molecule has 6 heteroatoms. The van der Waals surface area contributed by atoms with E-state index >= 15 is 0 Å². The van der Waals surface area contributed by atoms with Crippen LogP contribution in [0, 0.1) is 6.92 Å². The Morgan fingerprint density at radius 1 is 1.42 bits per heavy atom. The van der Waals surface area contributed by atoms with E-state index in [1.165, 1.54) is 18.2 Å². The lowest BCUT2D eigenvalue weighted by Crippen LogP contribution is -2.13. The van der Waals surface area contributed by atoms with Gasteiger partial charge in [0, 0.05) is 11.8 Å². The molecule has 2 aromatic rings. The number of H-pyrrole nitrogens is 1. The second kappa shape index (κ2) is 5.34. The van der Waals surface area contributed by atoms with Gasteiger partial charge in [0.15, 0.2) is 0 Å². The van der Waals surface area contributed by atoms with Gasteiger partial charge in [0.2, 0.25) is 0 Å². The molecule has 0 aliphatic carbocycles. The van der Waals surface area contributed by atoms with Gasteiger partial charge < -0.3 is 14.8 Å². The molecule has 0 saturated heterocycles. The maximum Gasteiger partial charge on any atom is 0.335 e. The Hall–Kier alpha value is -2.63. The van der Waals surface area contributed by atoms with Crippen molar-refractivity contribution in [1.82, 2.24) is 9.97 Å². The van der Waals surface area contributed by atoms with Gasteiger partial charge in [-0.1, -0.05) is 6.07 Å². The molecule has 1 heterocycles. The molecule has 1 aromatic heterocycles. The molecule has 2 N–H and O–H groups in total. The number of aryl methyl sites for hydroxylation is 1. The first-order valence-corrected chi connectivity index (χ1v) is 5.57. The van der Waals surface area contributed by atoms with E-state index in [-0.39, 0.29) is 17.7 Å². The average Bonchev–Trinajstić information content (AvgIpc) is 2.35. The van der Waals surface area contributed by atoms with Crippen LogP contribution >= 0.6 is 0 Å². The van der Waals surface area contributed by atoms with Crippen LogP contribution in [0.1, 0.15) is 21.9 Å². The Balaban J connectivity index is 2.12. The van der Waals surface area contributed by atoms with Crippen LogP contribution in [-0.4, -0.2) is 21.0 Å². The van der Waals surface area contributed by atoms with Crippen molar-refractivity contribution in [2.24, 2.45) is 0 Å². The van der Waals surface area contributed by atoms with Crippen LogP contribution in [0.15, 0.2) is 35.1 Å². The first-order valence-electron chi connectivity index (χ1n) is 5.57. The van der Waals surface area contributed by atoms with Gasteiger partial charge in [0.1, 0.15) is 18.2 Å². The highest BCUT2D eigenvalue weighted by molar-refractivity contribution is 5.87. The number of rotatable bonds is 4.